The van der Waals surface area contributed by atoms with Crippen LogP contribution in [0.3, 0.4) is 0 Å². The van der Waals surface area contributed by atoms with Gasteiger partial charge in [-0.15, -0.1) is 0 Å². The second-order valence-corrected chi connectivity index (χ2v) is 3.58. The van der Waals surface area contributed by atoms with E-state index >= 15 is 0 Å². The van der Waals surface area contributed by atoms with Crippen molar-refractivity contribution in [2.24, 2.45) is 5.73 Å². The number of hydrogen-bond acceptors (Lipinski definition) is 3. The molecule has 1 heterocycles. The highest BCUT2D eigenvalue weighted by atomic mass is 16.2. The lowest BCUT2D eigenvalue weighted by atomic mass is 10.2. The molecule has 0 unspecified atom stereocenters. The summed E-state index contributed by atoms with van der Waals surface area (Å²) in [6.45, 7) is 3.07. The van der Waals surface area contributed by atoms with Gasteiger partial charge in [-0.1, -0.05) is 0 Å². The topological polar surface area (TPSA) is 66.6 Å². The van der Waals surface area contributed by atoms with E-state index in [0.717, 1.165) is 6.42 Å². The first-order valence-corrected chi connectivity index (χ1v) is 4.82. The zero-order chi connectivity index (χ0) is 10.7. The average molecular weight is 199 g/mol. The largest absolute Gasteiger partial charge is 0.332 e. The van der Waals surface area contributed by atoms with Crippen molar-refractivity contribution in [1.82, 2.24) is 9.80 Å². The van der Waals surface area contributed by atoms with Gasteiger partial charge in [0.25, 0.3) is 0 Å². The summed E-state index contributed by atoms with van der Waals surface area (Å²) in [5, 5.41) is 0. The predicted molar refractivity (Wildman–Crippen MR) is 52.5 cm³/mol. The maximum Gasteiger partial charge on any atom is 0.245 e. The van der Waals surface area contributed by atoms with Crippen LogP contribution in [0.2, 0.25) is 0 Å². The zero-order valence-electron chi connectivity index (χ0n) is 8.69. The fraction of sp³-hybridized carbons (Fsp3) is 0.778. The van der Waals surface area contributed by atoms with Crippen LogP contribution >= 0.6 is 0 Å². The number of rotatable bonds is 3. The molecule has 0 aliphatic carbocycles. The molecule has 2 N–H and O–H groups in total. The van der Waals surface area contributed by atoms with Crippen LogP contribution in [0.15, 0.2) is 0 Å². The normalized spacial score (nSPS) is 23.2. The molecule has 0 aromatic rings. The molecule has 0 bridgehead atoms. The molecule has 1 rings (SSSR count). The number of amides is 2. The van der Waals surface area contributed by atoms with Crippen LogP contribution in [0.1, 0.15) is 13.3 Å². The Kier molecular flexibility index (Phi) is 3.46. The highest BCUT2D eigenvalue weighted by Gasteiger charge is 2.33. The molecule has 0 saturated carbocycles. The Hall–Kier alpha value is -1.10. The summed E-state index contributed by atoms with van der Waals surface area (Å²) < 4.78 is 0. The van der Waals surface area contributed by atoms with Gasteiger partial charge in [0.1, 0.15) is 6.04 Å². The molecule has 14 heavy (non-hydrogen) atoms. The number of nitrogens with zero attached hydrogens (tertiary/aromatic N) is 2. The Morgan fingerprint density at radius 3 is 2.71 bits per heavy atom. The number of carbonyl (C=O) groups excluding carboxylic acids is 2. The third-order valence-electron chi connectivity index (χ3n) is 2.60. The lowest BCUT2D eigenvalue weighted by Gasteiger charge is -2.36. The van der Waals surface area contributed by atoms with Crippen LogP contribution in [-0.2, 0) is 9.59 Å². The van der Waals surface area contributed by atoms with Crippen LogP contribution in [0.5, 0.6) is 0 Å². The summed E-state index contributed by atoms with van der Waals surface area (Å²) in [5.41, 5.74) is 5.35. The van der Waals surface area contributed by atoms with E-state index in [0.29, 0.717) is 13.1 Å². The monoisotopic (exact) mass is 199 g/mol. The van der Waals surface area contributed by atoms with Crippen molar-refractivity contribution in [3.05, 3.63) is 0 Å². The van der Waals surface area contributed by atoms with E-state index in [1.165, 1.54) is 4.90 Å². The Labute approximate surface area is 83.8 Å². The van der Waals surface area contributed by atoms with Gasteiger partial charge in [0, 0.05) is 13.6 Å². The summed E-state index contributed by atoms with van der Waals surface area (Å²) in [4.78, 5) is 26.2. The van der Waals surface area contributed by atoms with E-state index in [1.54, 1.807) is 18.9 Å². The van der Waals surface area contributed by atoms with Gasteiger partial charge in [0.05, 0.1) is 6.54 Å². The van der Waals surface area contributed by atoms with Gasteiger partial charge in [0.2, 0.25) is 11.8 Å². The summed E-state index contributed by atoms with van der Waals surface area (Å²) >= 11 is 0. The van der Waals surface area contributed by atoms with E-state index in [1.807, 2.05) is 0 Å². The van der Waals surface area contributed by atoms with Crippen molar-refractivity contribution < 1.29 is 9.59 Å². The SMILES string of the molecule is C[C@H]1C(=O)N(CCCN)CC(=O)N1C. The fourth-order valence-corrected chi connectivity index (χ4v) is 1.47. The van der Waals surface area contributed by atoms with Crippen molar-refractivity contribution in [2.45, 2.75) is 19.4 Å². The molecule has 5 nitrogen and oxygen atoms in total. The minimum atomic E-state index is -0.339. The molecule has 1 atom stereocenters. The molecule has 0 radical (unpaired) electrons. The molecule has 1 fully saturated rings. The van der Waals surface area contributed by atoms with Crippen LogP contribution in [0.25, 0.3) is 0 Å². The van der Waals surface area contributed by atoms with E-state index in [4.69, 9.17) is 5.73 Å². The van der Waals surface area contributed by atoms with Gasteiger partial charge >= 0.3 is 0 Å². The van der Waals surface area contributed by atoms with E-state index in [9.17, 15) is 9.59 Å². The molecular formula is C9H17N3O2. The van der Waals surface area contributed by atoms with Crippen molar-refractivity contribution in [1.29, 1.82) is 0 Å². The summed E-state index contributed by atoms with van der Waals surface area (Å²) in [5.74, 6) is 0.00896. The van der Waals surface area contributed by atoms with Crippen molar-refractivity contribution in [3.63, 3.8) is 0 Å². The molecule has 2 amide bonds. The number of likely N-dealkylation sites (N-methyl/N-ethyl adjacent to an activating group) is 1. The average Bonchev–Trinajstić information content (AvgIpc) is 2.18. The van der Waals surface area contributed by atoms with Gasteiger partial charge in [-0.25, -0.2) is 0 Å². The van der Waals surface area contributed by atoms with Crippen molar-refractivity contribution in [3.8, 4) is 0 Å². The lowest BCUT2D eigenvalue weighted by molar-refractivity contribution is -0.153. The predicted octanol–water partition coefficient (Wildman–Crippen LogP) is -0.976. The molecule has 0 aromatic heterocycles. The van der Waals surface area contributed by atoms with E-state index in [2.05, 4.69) is 0 Å². The minimum absolute atomic E-state index is 0.00544. The lowest BCUT2D eigenvalue weighted by Crippen LogP contribution is -2.57. The molecule has 1 saturated heterocycles. The number of piperazine rings is 1. The van der Waals surface area contributed by atoms with Gasteiger partial charge in [-0.2, -0.15) is 0 Å². The maximum absolute atomic E-state index is 11.7. The second kappa shape index (κ2) is 4.41. The van der Waals surface area contributed by atoms with Crippen LogP contribution < -0.4 is 5.73 Å². The second-order valence-electron chi connectivity index (χ2n) is 3.58. The minimum Gasteiger partial charge on any atom is -0.332 e. The standard InChI is InChI=1S/C9H17N3O2/c1-7-9(14)12(5-3-4-10)6-8(13)11(7)2/h7H,3-6,10H2,1-2H3/t7-/m0/s1. The number of nitrogens with two attached hydrogens (primary N) is 1. The Morgan fingerprint density at radius 1 is 1.50 bits per heavy atom. The Morgan fingerprint density at radius 2 is 2.14 bits per heavy atom. The number of carbonyl (C=O) groups is 2. The molecule has 0 spiro atoms. The zero-order valence-corrected chi connectivity index (χ0v) is 8.69. The maximum atomic E-state index is 11.7. The van der Waals surface area contributed by atoms with Crippen molar-refractivity contribution >= 4 is 11.8 Å². The van der Waals surface area contributed by atoms with Gasteiger partial charge in [-0.05, 0) is 19.9 Å². The molecule has 5 heteroatoms. The van der Waals surface area contributed by atoms with Crippen molar-refractivity contribution in [2.75, 3.05) is 26.7 Å². The molecule has 1 aliphatic rings. The number of hydrogen-bond donors (Lipinski definition) is 1. The summed E-state index contributed by atoms with van der Waals surface area (Å²) in [6.07, 6.45) is 0.745. The molecule has 1 aliphatic heterocycles. The fourth-order valence-electron chi connectivity index (χ4n) is 1.47. The quantitative estimate of drug-likeness (QED) is 0.635. The third-order valence-corrected chi connectivity index (χ3v) is 2.60. The Bertz CT molecular complexity index is 242. The molecule has 80 valence electrons. The van der Waals surface area contributed by atoms with Crippen LogP contribution in [-0.4, -0.2) is 54.3 Å². The highest BCUT2D eigenvalue weighted by Crippen LogP contribution is 2.10. The third kappa shape index (κ3) is 2.04. The summed E-state index contributed by atoms with van der Waals surface area (Å²) in [6, 6.07) is -0.339. The highest BCUT2D eigenvalue weighted by molar-refractivity contribution is 5.94. The smallest absolute Gasteiger partial charge is 0.245 e. The van der Waals surface area contributed by atoms with Gasteiger partial charge in [0.15, 0.2) is 0 Å². The first-order chi connectivity index (χ1) is 6.57. The van der Waals surface area contributed by atoms with E-state index < -0.39 is 0 Å². The molecular weight excluding hydrogens is 182 g/mol. The first-order valence-electron chi connectivity index (χ1n) is 4.82. The van der Waals surface area contributed by atoms with E-state index in [-0.39, 0.29) is 24.4 Å². The first kappa shape index (κ1) is 11.0. The Balaban J connectivity index is 2.61. The van der Waals surface area contributed by atoms with Crippen LogP contribution in [0.4, 0.5) is 0 Å². The van der Waals surface area contributed by atoms with Gasteiger partial charge in [-0.3, -0.25) is 9.59 Å². The summed E-state index contributed by atoms with van der Waals surface area (Å²) in [7, 11) is 1.66. The molecule has 0 aromatic carbocycles. The van der Waals surface area contributed by atoms with Crippen LogP contribution in [0, 0.1) is 0 Å². The van der Waals surface area contributed by atoms with Gasteiger partial charge < -0.3 is 15.5 Å².